The Hall–Kier alpha value is -3.47. The van der Waals surface area contributed by atoms with Crippen molar-refractivity contribution >= 4 is 28.5 Å². The number of carbonyl (C=O) groups is 1. The normalized spacial score (nSPS) is 11.6. The number of fused-ring (bicyclic) bond motifs is 3. The molecule has 0 spiro atoms. The highest BCUT2D eigenvalue weighted by atomic mass is 16.1. The summed E-state index contributed by atoms with van der Waals surface area (Å²) in [7, 11) is 0. The number of ketones is 1. The molecule has 0 radical (unpaired) electrons. The minimum atomic E-state index is -0.0868. The van der Waals surface area contributed by atoms with Crippen LogP contribution in [-0.2, 0) is 6.54 Å². The minimum Gasteiger partial charge on any atom is -0.320 e. The Morgan fingerprint density at radius 2 is 1.92 bits per heavy atom. The molecule has 0 amide bonds. The lowest BCUT2D eigenvalue weighted by Crippen LogP contribution is -2.02. The zero-order valence-electron chi connectivity index (χ0n) is 14.5. The van der Waals surface area contributed by atoms with E-state index in [0.29, 0.717) is 17.8 Å². The van der Waals surface area contributed by atoms with Crippen LogP contribution >= 0.6 is 0 Å². The number of allylic oxidation sites excluding steroid dienone is 2. The van der Waals surface area contributed by atoms with Crippen molar-refractivity contribution in [1.29, 1.82) is 0 Å². The second kappa shape index (κ2) is 6.44. The van der Waals surface area contributed by atoms with E-state index in [1.54, 1.807) is 18.3 Å². The number of para-hydroxylation sites is 2. The predicted molar refractivity (Wildman–Crippen MR) is 103 cm³/mol. The number of hydrogen-bond donors (Lipinski definition) is 0. The summed E-state index contributed by atoms with van der Waals surface area (Å²) in [5.74, 6) is -0.0868. The first-order valence-electron chi connectivity index (χ1n) is 8.41. The maximum absolute atomic E-state index is 12.9. The fourth-order valence-corrected chi connectivity index (χ4v) is 3.24. The van der Waals surface area contributed by atoms with E-state index in [0.717, 1.165) is 22.4 Å². The van der Waals surface area contributed by atoms with Gasteiger partial charge in [-0.15, -0.1) is 6.58 Å². The first-order chi connectivity index (χ1) is 12.7. The highest BCUT2D eigenvalue weighted by Gasteiger charge is 2.21. The van der Waals surface area contributed by atoms with Crippen LogP contribution in [0.2, 0.25) is 0 Å². The molecule has 0 bridgehead atoms. The molecule has 5 heteroatoms. The summed E-state index contributed by atoms with van der Waals surface area (Å²) in [5, 5.41) is 4.61. The Bertz CT molecular complexity index is 1150. The molecule has 5 nitrogen and oxygen atoms in total. The van der Waals surface area contributed by atoms with E-state index in [4.69, 9.17) is 0 Å². The Balaban J connectivity index is 1.89. The van der Waals surface area contributed by atoms with E-state index in [9.17, 15) is 4.79 Å². The second-order valence-corrected chi connectivity index (χ2v) is 6.04. The molecule has 0 saturated carbocycles. The molecular weight excluding hydrogens is 324 g/mol. The molecule has 0 N–H and O–H groups in total. The van der Waals surface area contributed by atoms with E-state index in [1.165, 1.54) is 0 Å². The van der Waals surface area contributed by atoms with Crippen LogP contribution in [0.25, 0.3) is 22.8 Å². The number of benzene rings is 1. The third-order valence-electron chi connectivity index (χ3n) is 4.34. The SMILES string of the molecule is C=CCn1c2ccccc2n2nc(C)c(C(=O)C=Cc3ccccn3)c12. The number of imidazole rings is 1. The van der Waals surface area contributed by atoms with Crippen molar-refractivity contribution in [1.82, 2.24) is 19.2 Å². The van der Waals surface area contributed by atoms with Crippen molar-refractivity contribution in [3.63, 3.8) is 0 Å². The number of aromatic nitrogens is 4. The van der Waals surface area contributed by atoms with Gasteiger partial charge in [-0.2, -0.15) is 5.10 Å². The smallest absolute Gasteiger partial charge is 0.191 e. The van der Waals surface area contributed by atoms with Crippen LogP contribution in [-0.4, -0.2) is 24.9 Å². The Labute approximate surface area is 150 Å². The highest BCUT2D eigenvalue weighted by Crippen LogP contribution is 2.26. The number of nitrogens with zero attached hydrogens (tertiary/aromatic N) is 4. The molecule has 0 atom stereocenters. The maximum atomic E-state index is 12.9. The largest absolute Gasteiger partial charge is 0.320 e. The Kier molecular flexibility index (Phi) is 3.97. The van der Waals surface area contributed by atoms with E-state index in [1.807, 2.05) is 60.0 Å². The van der Waals surface area contributed by atoms with E-state index < -0.39 is 0 Å². The number of pyridine rings is 1. The molecule has 4 aromatic rings. The van der Waals surface area contributed by atoms with Crippen LogP contribution in [0.1, 0.15) is 21.7 Å². The zero-order chi connectivity index (χ0) is 18.1. The Morgan fingerprint density at radius 3 is 2.65 bits per heavy atom. The monoisotopic (exact) mass is 342 g/mol. The minimum absolute atomic E-state index is 0.0868. The third-order valence-corrected chi connectivity index (χ3v) is 4.34. The van der Waals surface area contributed by atoms with Crippen molar-refractivity contribution in [2.24, 2.45) is 0 Å². The summed E-state index contributed by atoms with van der Waals surface area (Å²) < 4.78 is 3.92. The lowest BCUT2D eigenvalue weighted by Gasteiger charge is -2.03. The average molecular weight is 342 g/mol. The molecule has 0 fully saturated rings. The number of rotatable bonds is 5. The first kappa shape index (κ1) is 16.0. The van der Waals surface area contributed by atoms with Gasteiger partial charge in [-0.05, 0) is 43.3 Å². The molecule has 0 aliphatic heterocycles. The van der Waals surface area contributed by atoms with Gasteiger partial charge >= 0.3 is 0 Å². The summed E-state index contributed by atoms with van der Waals surface area (Å²) in [5.41, 5.74) is 4.85. The molecule has 3 aromatic heterocycles. The molecular formula is C21H18N4O. The van der Waals surface area contributed by atoms with Gasteiger partial charge in [0.25, 0.3) is 0 Å². The van der Waals surface area contributed by atoms with Gasteiger partial charge in [0.15, 0.2) is 5.78 Å². The Morgan fingerprint density at radius 1 is 1.15 bits per heavy atom. The van der Waals surface area contributed by atoms with Gasteiger partial charge in [-0.1, -0.05) is 24.3 Å². The van der Waals surface area contributed by atoms with Gasteiger partial charge in [-0.25, -0.2) is 4.52 Å². The highest BCUT2D eigenvalue weighted by molar-refractivity contribution is 6.12. The third kappa shape index (κ3) is 2.54. The zero-order valence-corrected chi connectivity index (χ0v) is 14.5. The second-order valence-electron chi connectivity index (χ2n) is 6.04. The van der Waals surface area contributed by atoms with Crippen molar-refractivity contribution in [2.75, 3.05) is 0 Å². The van der Waals surface area contributed by atoms with Crippen molar-refractivity contribution in [3.8, 4) is 0 Å². The van der Waals surface area contributed by atoms with E-state index in [2.05, 4.69) is 21.2 Å². The van der Waals surface area contributed by atoms with Gasteiger partial charge < -0.3 is 4.57 Å². The van der Waals surface area contributed by atoms with E-state index in [-0.39, 0.29) is 5.78 Å². The van der Waals surface area contributed by atoms with Crippen molar-refractivity contribution < 1.29 is 4.79 Å². The lowest BCUT2D eigenvalue weighted by molar-refractivity contribution is 0.104. The molecule has 26 heavy (non-hydrogen) atoms. The van der Waals surface area contributed by atoms with Gasteiger partial charge in [0.1, 0.15) is 5.65 Å². The topological polar surface area (TPSA) is 52.2 Å². The first-order valence-corrected chi connectivity index (χ1v) is 8.41. The fourth-order valence-electron chi connectivity index (χ4n) is 3.24. The maximum Gasteiger partial charge on any atom is 0.191 e. The van der Waals surface area contributed by atoms with Crippen LogP contribution in [0.3, 0.4) is 0 Å². The quantitative estimate of drug-likeness (QED) is 0.312. The summed E-state index contributed by atoms with van der Waals surface area (Å²) >= 11 is 0. The summed E-state index contributed by atoms with van der Waals surface area (Å²) in [6.45, 7) is 6.32. The van der Waals surface area contributed by atoms with Gasteiger partial charge in [-0.3, -0.25) is 9.78 Å². The predicted octanol–water partition coefficient (Wildman–Crippen LogP) is 4.07. The van der Waals surface area contributed by atoms with Crippen LogP contribution in [0.5, 0.6) is 0 Å². The number of hydrogen-bond acceptors (Lipinski definition) is 3. The van der Waals surface area contributed by atoms with Gasteiger partial charge in [0, 0.05) is 12.7 Å². The lowest BCUT2D eigenvalue weighted by atomic mass is 10.1. The summed E-state index contributed by atoms with van der Waals surface area (Å²) in [6, 6.07) is 13.6. The summed E-state index contributed by atoms with van der Waals surface area (Å²) in [4.78, 5) is 17.2. The molecule has 0 aliphatic carbocycles. The molecule has 3 heterocycles. The number of aryl methyl sites for hydroxylation is 1. The molecule has 1 aromatic carbocycles. The summed E-state index contributed by atoms with van der Waals surface area (Å²) in [6.07, 6.45) is 6.82. The van der Waals surface area contributed by atoms with Crippen molar-refractivity contribution in [3.05, 3.63) is 84.3 Å². The van der Waals surface area contributed by atoms with Crippen LogP contribution in [0.4, 0.5) is 0 Å². The average Bonchev–Trinajstić information content (AvgIpc) is 3.15. The van der Waals surface area contributed by atoms with Crippen LogP contribution in [0, 0.1) is 6.92 Å². The number of carbonyl (C=O) groups excluding carboxylic acids is 1. The van der Waals surface area contributed by atoms with Crippen LogP contribution in [0.15, 0.2) is 67.4 Å². The standard InChI is InChI=1S/C21H18N4O/c1-3-14-24-17-9-4-5-10-18(17)25-21(24)20(15(2)23-25)19(26)12-11-16-8-6-7-13-22-16/h3-13H,1,14H2,2H3. The van der Waals surface area contributed by atoms with Crippen LogP contribution < -0.4 is 0 Å². The molecule has 0 unspecified atom stereocenters. The molecule has 128 valence electrons. The van der Waals surface area contributed by atoms with Gasteiger partial charge in [0.2, 0.25) is 0 Å². The fraction of sp³-hybridized carbons (Fsp3) is 0.0952. The molecule has 0 saturated heterocycles. The van der Waals surface area contributed by atoms with Crippen molar-refractivity contribution in [2.45, 2.75) is 13.5 Å². The molecule has 0 aliphatic rings. The van der Waals surface area contributed by atoms with Gasteiger partial charge in [0.05, 0.1) is 28.0 Å². The van der Waals surface area contributed by atoms with E-state index >= 15 is 0 Å². The molecule has 4 rings (SSSR count).